The summed E-state index contributed by atoms with van der Waals surface area (Å²) < 4.78 is 67.0. The van der Waals surface area contributed by atoms with E-state index in [-0.39, 0.29) is 17.0 Å². The summed E-state index contributed by atoms with van der Waals surface area (Å²) in [6.07, 6.45) is 7.81. The van der Waals surface area contributed by atoms with Gasteiger partial charge in [0.2, 0.25) is 0 Å². The molecule has 0 saturated carbocycles. The number of hydrogen-bond donors (Lipinski definition) is 0. The lowest BCUT2D eigenvalue weighted by Crippen LogP contribution is -2.39. The Morgan fingerprint density at radius 3 is 1.91 bits per heavy atom. The van der Waals surface area contributed by atoms with Crippen molar-refractivity contribution in [2.45, 2.75) is 84.3 Å². The fourth-order valence-electron chi connectivity index (χ4n) is 4.35. The van der Waals surface area contributed by atoms with Gasteiger partial charge in [-0.25, -0.2) is 17.6 Å². The minimum Gasteiger partial charge on any atom is -0.350 e. The first kappa shape index (κ1) is 27.3. The second-order valence-corrected chi connectivity index (χ2v) is 8.46. The highest BCUT2D eigenvalue weighted by molar-refractivity contribution is 5.65. The highest BCUT2D eigenvalue weighted by Crippen LogP contribution is 2.38. The maximum absolute atomic E-state index is 14.2. The van der Waals surface area contributed by atoms with Gasteiger partial charge in [-0.3, -0.25) is 0 Å². The molecule has 2 nitrogen and oxygen atoms in total. The second kappa shape index (κ2) is 13.1. The quantitative estimate of drug-likeness (QED) is 0.0909. The van der Waals surface area contributed by atoms with Crippen LogP contribution in [0.15, 0.2) is 30.3 Å². The first-order valence-corrected chi connectivity index (χ1v) is 12.0. The Morgan fingerprint density at radius 1 is 0.758 bits per heavy atom. The van der Waals surface area contributed by atoms with Crippen LogP contribution in [-0.2, 0) is 9.47 Å². The lowest BCUT2D eigenvalue weighted by Gasteiger charge is -2.37. The summed E-state index contributed by atoms with van der Waals surface area (Å²) >= 11 is 0. The van der Waals surface area contributed by atoms with Gasteiger partial charge in [-0.15, -0.1) is 0 Å². The van der Waals surface area contributed by atoms with Crippen LogP contribution in [-0.4, -0.2) is 19.0 Å². The van der Waals surface area contributed by atoms with E-state index in [9.17, 15) is 17.6 Å². The summed E-state index contributed by atoms with van der Waals surface area (Å²) in [7, 11) is 0. The molecular formula is C27H36F4O2. The van der Waals surface area contributed by atoms with Crippen molar-refractivity contribution >= 4 is 0 Å². The molecule has 0 amide bonds. The van der Waals surface area contributed by atoms with Crippen LogP contribution >= 0.6 is 0 Å². The van der Waals surface area contributed by atoms with Gasteiger partial charge in [0.05, 0.1) is 0 Å². The lowest BCUT2D eigenvalue weighted by molar-refractivity contribution is -0.236. The molecular weight excluding hydrogens is 432 g/mol. The van der Waals surface area contributed by atoms with Crippen LogP contribution in [0.3, 0.4) is 0 Å². The van der Waals surface area contributed by atoms with Crippen LogP contribution < -0.4 is 0 Å². The van der Waals surface area contributed by atoms with Crippen molar-refractivity contribution in [2.75, 3.05) is 13.2 Å². The number of hydrogen-bond acceptors (Lipinski definition) is 2. The Labute approximate surface area is 195 Å². The Kier molecular flexibility index (Phi) is 10.8. The minimum absolute atomic E-state index is 0.0795. The third kappa shape index (κ3) is 7.03. The normalized spacial score (nSPS) is 12.8. The van der Waals surface area contributed by atoms with Crippen molar-refractivity contribution in [1.29, 1.82) is 0 Å². The molecule has 0 aliphatic carbocycles. The van der Waals surface area contributed by atoms with Crippen molar-refractivity contribution in [3.63, 3.8) is 0 Å². The van der Waals surface area contributed by atoms with Gasteiger partial charge in [0.15, 0.2) is 29.1 Å². The SMILES string of the molecule is CCCCCCCCC(c1ccc(-c2cc(F)c(F)c(F)c2F)cc1)C(C)(OCC)OCC. The molecule has 0 aliphatic rings. The van der Waals surface area contributed by atoms with E-state index in [1.807, 2.05) is 20.8 Å². The largest absolute Gasteiger partial charge is 0.350 e. The van der Waals surface area contributed by atoms with Gasteiger partial charge >= 0.3 is 0 Å². The summed E-state index contributed by atoms with van der Waals surface area (Å²) in [4.78, 5) is 0. The number of rotatable bonds is 14. The zero-order valence-corrected chi connectivity index (χ0v) is 20.2. The van der Waals surface area contributed by atoms with Crippen LogP contribution in [0.25, 0.3) is 11.1 Å². The van der Waals surface area contributed by atoms with E-state index >= 15 is 0 Å². The van der Waals surface area contributed by atoms with Gasteiger partial charge in [0.1, 0.15) is 0 Å². The first-order valence-electron chi connectivity index (χ1n) is 12.0. The third-order valence-electron chi connectivity index (χ3n) is 6.07. The smallest absolute Gasteiger partial charge is 0.198 e. The Morgan fingerprint density at radius 2 is 1.33 bits per heavy atom. The van der Waals surface area contributed by atoms with Crippen molar-refractivity contribution in [3.05, 3.63) is 59.2 Å². The van der Waals surface area contributed by atoms with Crippen molar-refractivity contribution in [3.8, 4) is 11.1 Å². The molecule has 33 heavy (non-hydrogen) atoms. The summed E-state index contributed by atoms with van der Waals surface area (Å²) in [5, 5.41) is 0. The van der Waals surface area contributed by atoms with E-state index in [1.165, 1.54) is 25.7 Å². The summed E-state index contributed by atoms with van der Waals surface area (Å²) in [6.45, 7) is 8.93. The summed E-state index contributed by atoms with van der Waals surface area (Å²) in [6, 6.07) is 7.47. The standard InChI is InChI=1S/C27H36F4O2/c1-5-8-9-10-11-12-13-22(27(4,32-6-2)33-7-3)20-16-14-19(15-17-20)21-18-23(28)25(30)26(31)24(21)29/h14-18,22H,5-13H2,1-4H3. The molecule has 1 unspecified atom stereocenters. The minimum atomic E-state index is -1.81. The van der Waals surface area contributed by atoms with Gasteiger partial charge in [-0.2, -0.15) is 0 Å². The van der Waals surface area contributed by atoms with Crippen LogP contribution in [0.2, 0.25) is 0 Å². The van der Waals surface area contributed by atoms with E-state index < -0.39 is 29.1 Å². The van der Waals surface area contributed by atoms with Gasteiger partial charge in [-0.05, 0) is 44.4 Å². The van der Waals surface area contributed by atoms with Crippen LogP contribution in [0.4, 0.5) is 17.6 Å². The maximum atomic E-state index is 14.2. The van der Waals surface area contributed by atoms with Crippen LogP contribution in [0.5, 0.6) is 0 Å². The van der Waals surface area contributed by atoms with Gasteiger partial charge < -0.3 is 9.47 Å². The fourth-order valence-corrected chi connectivity index (χ4v) is 4.35. The van der Waals surface area contributed by atoms with Gasteiger partial charge in [0, 0.05) is 24.7 Å². The molecule has 0 aliphatic heterocycles. The van der Waals surface area contributed by atoms with E-state index in [2.05, 4.69) is 6.92 Å². The molecule has 6 heteroatoms. The van der Waals surface area contributed by atoms with Gasteiger partial charge in [0.25, 0.3) is 0 Å². The Balaban J connectivity index is 2.31. The average molecular weight is 469 g/mol. The van der Waals surface area contributed by atoms with Crippen molar-refractivity contribution in [1.82, 2.24) is 0 Å². The zero-order valence-electron chi connectivity index (χ0n) is 20.2. The molecule has 0 radical (unpaired) electrons. The number of ether oxygens (including phenoxy) is 2. The highest BCUT2D eigenvalue weighted by Gasteiger charge is 2.36. The molecule has 2 aromatic carbocycles. The molecule has 2 aromatic rings. The van der Waals surface area contributed by atoms with Crippen molar-refractivity contribution in [2.24, 2.45) is 0 Å². The first-order chi connectivity index (χ1) is 15.8. The molecule has 0 spiro atoms. The molecule has 0 bridgehead atoms. The molecule has 0 fully saturated rings. The van der Waals surface area contributed by atoms with E-state index in [4.69, 9.17) is 9.47 Å². The molecule has 1 atom stereocenters. The second-order valence-electron chi connectivity index (χ2n) is 8.46. The number of halogens is 4. The van der Waals surface area contributed by atoms with Crippen LogP contribution in [0.1, 0.15) is 84.1 Å². The van der Waals surface area contributed by atoms with E-state index in [1.54, 1.807) is 24.3 Å². The van der Waals surface area contributed by atoms with Crippen molar-refractivity contribution < 1.29 is 27.0 Å². The van der Waals surface area contributed by atoms with E-state index in [0.717, 1.165) is 24.8 Å². The molecule has 2 rings (SSSR count). The average Bonchev–Trinajstić information content (AvgIpc) is 2.80. The molecule has 0 saturated heterocycles. The summed E-state index contributed by atoms with van der Waals surface area (Å²) in [5.41, 5.74) is 0.880. The summed E-state index contributed by atoms with van der Waals surface area (Å²) in [5.74, 6) is -7.36. The predicted octanol–water partition coefficient (Wildman–Crippen LogP) is 8.53. The Hall–Kier alpha value is -1.92. The molecule has 0 N–H and O–H groups in total. The Bertz CT molecular complexity index is 861. The van der Waals surface area contributed by atoms with Gasteiger partial charge in [-0.1, -0.05) is 69.7 Å². The molecule has 0 heterocycles. The monoisotopic (exact) mass is 468 g/mol. The van der Waals surface area contributed by atoms with Crippen LogP contribution in [0, 0.1) is 23.3 Å². The third-order valence-corrected chi connectivity index (χ3v) is 6.07. The maximum Gasteiger partial charge on any atom is 0.198 e. The number of unbranched alkanes of at least 4 members (excludes halogenated alkanes) is 5. The number of benzene rings is 2. The lowest BCUT2D eigenvalue weighted by atomic mass is 9.85. The zero-order chi connectivity index (χ0) is 24.4. The molecule has 0 aromatic heterocycles. The highest BCUT2D eigenvalue weighted by atomic mass is 19.2. The topological polar surface area (TPSA) is 18.5 Å². The molecule has 184 valence electrons. The fraction of sp³-hybridized carbons (Fsp3) is 0.556. The predicted molar refractivity (Wildman–Crippen MR) is 124 cm³/mol. The van der Waals surface area contributed by atoms with E-state index in [0.29, 0.717) is 19.3 Å².